The molecule has 0 rings (SSSR count). The topological polar surface area (TPSA) is 57.0 Å². The Hall–Kier alpha value is -1.57. The number of carbonyl (C=O) groups is 2. The molecule has 0 heterocycles. The second-order valence-electron chi connectivity index (χ2n) is 1.97. The molecule has 0 unspecified atom stereocenters. The molecule has 0 saturated heterocycles. The maximum atomic E-state index is 9.74. The van der Waals surface area contributed by atoms with Gasteiger partial charge in [0.25, 0.3) is 19.0 Å². The first-order valence-corrected chi connectivity index (χ1v) is 3.32. The maximum absolute atomic E-state index is 9.74. The Morgan fingerprint density at radius 1 is 1.33 bits per heavy atom. The van der Waals surface area contributed by atoms with E-state index in [1.54, 1.807) is 0 Å². The van der Waals surface area contributed by atoms with E-state index < -0.39 is 6.04 Å². The number of carbonyl (C=O) groups excluding carboxylic acids is 2. The lowest BCUT2D eigenvalue weighted by atomic mass is 10.2. The standard InChI is InChI=1S/C7H9NO4/c1-8-7(4-12-6-10)2-3-11-5-9/h5-7H,2-4H2/t7-/m0/s1. The second-order valence-corrected chi connectivity index (χ2v) is 1.97. The molecule has 0 aliphatic rings. The molecule has 12 heavy (non-hydrogen) atoms. The van der Waals surface area contributed by atoms with Crippen molar-refractivity contribution in [2.24, 2.45) is 0 Å². The van der Waals surface area contributed by atoms with Gasteiger partial charge in [0.1, 0.15) is 0 Å². The molecule has 5 nitrogen and oxygen atoms in total. The molecule has 0 aromatic heterocycles. The lowest BCUT2D eigenvalue weighted by Crippen LogP contribution is -2.13. The molecule has 0 radical (unpaired) electrons. The van der Waals surface area contributed by atoms with E-state index in [0.717, 1.165) is 0 Å². The normalized spacial score (nSPS) is 10.9. The predicted molar refractivity (Wildman–Crippen MR) is 39.0 cm³/mol. The fourth-order valence-electron chi connectivity index (χ4n) is 0.588. The molecule has 0 saturated carbocycles. The van der Waals surface area contributed by atoms with Gasteiger partial charge in [-0.15, -0.1) is 0 Å². The van der Waals surface area contributed by atoms with Crippen molar-refractivity contribution in [1.29, 1.82) is 0 Å². The van der Waals surface area contributed by atoms with Crippen LogP contribution in [-0.4, -0.2) is 32.2 Å². The van der Waals surface area contributed by atoms with Crippen LogP contribution in [0.1, 0.15) is 6.42 Å². The highest BCUT2D eigenvalue weighted by Crippen LogP contribution is 1.98. The van der Waals surface area contributed by atoms with Gasteiger partial charge < -0.3 is 14.3 Å². The first kappa shape index (κ1) is 10.4. The smallest absolute Gasteiger partial charge is 0.293 e. The van der Waals surface area contributed by atoms with E-state index in [2.05, 4.69) is 14.3 Å². The molecule has 0 amide bonds. The number of nitrogens with zero attached hydrogens (tertiary/aromatic N) is 1. The molecule has 66 valence electrons. The third-order valence-corrected chi connectivity index (χ3v) is 1.18. The van der Waals surface area contributed by atoms with E-state index in [1.165, 1.54) is 0 Å². The summed E-state index contributed by atoms with van der Waals surface area (Å²) in [6.45, 7) is 7.50. The molecule has 0 fully saturated rings. The van der Waals surface area contributed by atoms with E-state index in [0.29, 0.717) is 19.4 Å². The minimum Gasteiger partial charge on any atom is -0.468 e. The maximum Gasteiger partial charge on any atom is 0.293 e. The van der Waals surface area contributed by atoms with E-state index in [1.807, 2.05) is 0 Å². The molecule has 0 N–H and O–H groups in total. The van der Waals surface area contributed by atoms with Crippen molar-refractivity contribution in [3.8, 4) is 0 Å². The fourth-order valence-corrected chi connectivity index (χ4v) is 0.588. The van der Waals surface area contributed by atoms with Gasteiger partial charge in [0, 0.05) is 0 Å². The molecule has 1 atom stereocenters. The van der Waals surface area contributed by atoms with Crippen LogP contribution in [0.4, 0.5) is 0 Å². The summed E-state index contributed by atoms with van der Waals surface area (Å²) in [6.07, 6.45) is 0.385. The van der Waals surface area contributed by atoms with Crippen LogP contribution in [0, 0.1) is 6.57 Å². The van der Waals surface area contributed by atoms with Crippen LogP contribution in [0.3, 0.4) is 0 Å². The van der Waals surface area contributed by atoms with E-state index >= 15 is 0 Å². The highest BCUT2D eigenvalue weighted by molar-refractivity contribution is 5.37. The number of rotatable bonds is 7. The van der Waals surface area contributed by atoms with Gasteiger partial charge >= 0.3 is 0 Å². The van der Waals surface area contributed by atoms with Crippen molar-refractivity contribution in [2.75, 3.05) is 13.2 Å². The first-order valence-electron chi connectivity index (χ1n) is 3.32. The number of ether oxygens (including phenoxy) is 2. The first-order chi connectivity index (χ1) is 5.85. The SMILES string of the molecule is [C-]#[N+][C@@H](CCOC=O)COC=O. The van der Waals surface area contributed by atoms with E-state index in [9.17, 15) is 9.59 Å². The van der Waals surface area contributed by atoms with Gasteiger partial charge in [0.05, 0.1) is 13.0 Å². The average molecular weight is 171 g/mol. The predicted octanol–water partition coefficient (Wildman–Crippen LogP) is 0.0104. The van der Waals surface area contributed by atoms with Crippen molar-refractivity contribution >= 4 is 12.9 Å². The number of hydrogen-bond donors (Lipinski definition) is 0. The van der Waals surface area contributed by atoms with E-state index in [4.69, 9.17) is 6.57 Å². The summed E-state index contributed by atoms with van der Waals surface area (Å²) >= 11 is 0. The molecular weight excluding hydrogens is 162 g/mol. The van der Waals surface area contributed by atoms with Gasteiger partial charge in [-0.1, -0.05) is 0 Å². The van der Waals surface area contributed by atoms with Gasteiger partial charge in [0.2, 0.25) is 0 Å². The van der Waals surface area contributed by atoms with Gasteiger partial charge in [-0.3, -0.25) is 9.59 Å². The Morgan fingerprint density at radius 3 is 2.50 bits per heavy atom. The van der Waals surface area contributed by atoms with Gasteiger partial charge in [-0.2, -0.15) is 0 Å². The van der Waals surface area contributed by atoms with Crippen LogP contribution in [0.5, 0.6) is 0 Å². The highest BCUT2D eigenvalue weighted by atomic mass is 16.5. The third-order valence-electron chi connectivity index (χ3n) is 1.18. The van der Waals surface area contributed by atoms with Crippen LogP contribution >= 0.6 is 0 Å². The molecular formula is C7H9NO4. The van der Waals surface area contributed by atoms with Gasteiger partial charge in [-0.25, -0.2) is 6.57 Å². The zero-order valence-corrected chi connectivity index (χ0v) is 6.43. The van der Waals surface area contributed by atoms with Crippen molar-refractivity contribution in [3.05, 3.63) is 11.4 Å². The lowest BCUT2D eigenvalue weighted by molar-refractivity contribution is -0.131. The highest BCUT2D eigenvalue weighted by Gasteiger charge is 2.12. The van der Waals surface area contributed by atoms with Gasteiger partial charge in [0.15, 0.2) is 6.61 Å². The quantitative estimate of drug-likeness (QED) is 0.307. The minimum atomic E-state index is -0.421. The minimum absolute atomic E-state index is 0.0508. The molecule has 0 aliphatic heterocycles. The molecule has 5 heteroatoms. The summed E-state index contributed by atoms with van der Waals surface area (Å²) in [5.41, 5.74) is 0. The summed E-state index contributed by atoms with van der Waals surface area (Å²) in [6, 6.07) is -0.421. The lowest BCUT2D eigenvalue weighted by Gasteiger charge is -2.02. The zero-order valence-electron chi connectivity index (χ0n) is 6.43. The van der Waals surface area contributed by atoms with E-state index in [-0.39, 0.29) is 13.2 Å². The summed E-state index contributed by atoms with van der Waals surface area (Å²) in [5, 5.41) is 0. The Bertz CT molecular complexity index is 175. The summed E-state index contributed by atoms with van der Waals surface area (Å²) in [4.78, 5) is 22.6. The Labute approximate surface area is 70.1 Å². The second kappa shape index (κ2) is 7.54. The Morgan fingerprint density at radius 2 is 2.00 bits per heavy atom. The third kappa shape index (κ3) is 5.23. The Kier molecular flexibility index (Phi) is 6.55. The molecule has 0 aromatic rings. The van der Waals surface area contributed by atoms with Crippen LogP contribution in [0.25, 0.3) is 4.85 Å². The van der Waals surface area contributed by atoms with Crippen LogP contribution in [0.2, 0.25) is 0 Å². The molecule has 0 aliphatic carbocycles. The number of hydrogen-bond acceptors (Lipinski definition) is 4. The summed E-state index contributed by atoms with van der Waals surface area (Å²) in [5.74, 6) is 0. The average Bonchev–Trinajstić information content (AvgIpc) is 2.11. The van der Waals surface area contributed by atoms with Crippen molar-refractivity contribution in [2.45, 2.75) is 12.5 Å². The van der Waals surface area contributed by atoms with Crippen LogP contribution in [-0.2, 0) is 19.1 Å². The largest absolute Gasteiger partial charge is 0.468 e. The van der Waals surface area contributed by atoms with Crippen LogP contribution < -0.4 is 0 Å². The fraction of sp³-hybridized carbons (Fsp3) is 0.571. The van der Waals surface area contributed by atoms with Gasteiger partial charge in [-0.05, 0) is 0 Å². The monoisotopic (exact) mass is 171 g/mol. The summed E-state index contributed by atoms with van der Waals surface area (Å²) < 4.78 is 8.76. The molecule has 0 spiro atoms. The Balaban J connectivity index is 3.47. The molecule has 0 bridgehead atoms. The van der Waals surface area contributed by atoms with Crippen molar-refractivity contribution in [3.63, 3.8) is 0 Å². The summed E-state index contributed by atoms with van der Waals surface area (Å²) in [7, 11) is 0. The van der Waals surface area contributed by atoms with Crippen LogP contribution in [0.15, 0.2) is 0 Å². The van der Waals surface area contributed by atoms with Crippen molar-refractivity contribution < 1.29 is 19.1 Å². The van der Waals surface area contributed by atoms with Crippen molar-refractivity contribution in [1.82, 2.24) is 0 Å². The molecule has 0 aromatic carbocycles. The zero-order chi connectivity index (χ0) is 9.23.